The second kappa shape index (κ2) is 7.48. The molecule has 2 aromatic heterocycles. The van der Waals surface area contributed by atoms with Gasteiger partial charge in [0, 0.05) is 16.3 Å². The van der Waals surface area contributed by atoms with Crippen LogP contribution in [0.4, 0.5) is 4.79 Å². The van der Waals surface area contributed by atoms with Crippen LogP contribution in [0, 0.1) is 13.8 Å². The Kier molecular flexibility index (Phi) is 5.35. The van der Waals surface area contributed by atoms with Crippen LogP contribution in [0.15, 0.2) is 11.4 Å². The van der Waals surface area contributed by atoms with Gasteiger partial charge in [0.15, 0.2) is 0 Å². The number of carbonyl (C=O) groups is 2. The molecule has 1 fully saturated rings. The summed E-state index contributed by atoms with van der Waals surface area (Å²) in [6.07, 6.45) is 5.78. The van der Waals surface area contributed by atoms with E-state index in [9.17, 15) is 9.59 Å². The molecule has 0 aromatic carbocycles. The van der Waals surface area contributed by atoms with Crippen LogP contribution >= 0.6 is 23.1 Å². The molecule has 0 radical (unpaired) electrons. The normalized spacial score (nSPS) is 14.9. The smallest absolute Gasteiger partial charge is 0.321 e. The average molecular weight is 364 g/mol. The Balaban J connectivity index is 1.57. The molecule has 8 heteroatoms. The molecule has 1 aliphatic rings. The number of imide groups is 1. The minimum absolute atomic E-state index is 0.151. The summed E-state index contributed by atoms with van der Waals surface area (Å²) < 4.78 is 0. The molecule has 128 valence electrons. The third-order valence-electron chi connectivity index (χ3n) is 4.21. The van der Waals surface area contributed by atoms with Crippen molar-refractivity contribution >= 4 is 45.3 Å². The second-order valence-corrected chi connectivity index (χ2v) is 8.10. The van der Waals surface area contributed by atoms with Gasteiger partial charge in [-0.2, -0.15) is 0 Å². The summed E-state index contributed by atoms with van der Waals surface area (Å²) in [5, 5.41) is 7.03. The van der Waals surface area contributed by atoms with E-state index in [0.717, 1.165) is 46.5 Å². The van der Waals surface area contributed by atoms with Crippen LogP contribution in [-0.2, 0) is 4.79 Å². The number of carbonyl (C=O) groups excluding carboxylic acids is 2. The Morgan fingerprint density at radius 1 is 1.29 bits per heavy atom. The van der Waals surface area contributed by atoms with Crippen molar-refractivity contribution < 1.29 is 9.59 Å². The topological polar surface area (TPSA) is 84.0 Å². The monoisotopic (exact) mass is 364 g/mol. The number of hydrogen-bond donors (Lipinski definition) is 2. The van der Waals surface area contributed by atoms with Gasteiger partial charge >= 0.3 is 6.03 Å². The number of hydrogen-bond acceptors (Lipinski definition) is 6. The number of rotatable bonds is 4. The molecule has 2 aromatic rings. The van der Waals surface area contributed by atoms with Crippen molar-refractivity contribution in [1.29, 1.82) is 0 Å². The van der Waals surface area contributed by atoms with Gasteiger partial charge in [-0.05, 0) is 32.3 Å². The molecule has 0 unspecified atom stereocenters. The maximum Gasteiger partial charge on any atom is 0.321 e. The van der Waals surface area contributed by atoms with Gasteiger partial charge in [0.25, 0.3) is 0 Å². The molecule has 0 aliphatic heterocycles. The number of urea groups is 1. The zero-order valence-electron chi connectivity index (χ0n) is 13.7. The van der Waals surface area contributed by atoms with Crippen molar-refractivity contribution in [2.24, 2.45) is 0 Å². The first-order chi connectivity index (χ1) is 11.5. The van der Waals surface area contributed by atoms with Gasteiger partial charge in [-0.3, -0.25) is 10.1 Å². The lowest BCUT2D eigenvalue weighted by Gasteiger charge is -2.12. The fourth-order valence-corrected chi connectivity index (χ4v) is 4.76. The van der Waals surface area contributed by atoms with Gasteiger partial charge in [-0.1, -0.05) is 24.6 Å². The highest BCUT2D eigenvalue weighted by molar-refractivity contribution is 8.00. The molecule has 6 nitrogen and oxygen atoms in total. The van der Waals surface area contributed by atoms with Gasteiger partial charge in [-0.15, -0.1) is 11.3 Å². The number of nitrogens with one attached hydrogen (secondary N) is 2. The lowest BCUT2D eigenvalue weighted by molar-refractivity contribution is -0.117. The van der Waals surface area contributed by atoms with Gasteiger partial charge in [0.2, 0.25) is 5.91 Å². The SMILES string of the molecule is Cc1sc2ncnc(SCC(=O)NC(=O)NC3CCCC3)c2c1C. The van der Waals surface area contributed by atoms with E-state index in [4.69, 9.17) is 0 Å². The van der Waals surface area contributed by atoms with Gasteiger partial charge in [-0.25, -0.2) is 14.8 Å². The van der Waals surface area contributed by atoms with E-state index in [1.807, 2.05) is 6.92 Å². The van der Waals surface area contributed by atoms with Crippen LogP contribution in [0.1, 0.15) is 36.1 Å². The number of fused-ring (bicyclic) bond motifs is 1. The molecule has 2 N–H and O–H groups in total. The maximum absolute atomic E-state index is 12.0. The first-order valence-corrected chi connectivity index (χ1v) is 9.78. The van der Waals surface area contributed by atoms with Crippen molar-refractivity contribution in [3.63, 3.8) is 0 Å². The average Bonchev–Trinajstić information content (AvgIpc) is 3.14. The van der Waals surface area contributed by atoms with Crippen molar-refractivity contribution in [3.05, 3.63) is 16.8 Å². The van der Waals surface area contributed by atoms with E-state index in [2.05, 4.69) is 27.5 Å². The summed E-state index contributed by atoms with van der Waals surface area (Å²) >= 11 is 2.96. The number of amides is 3. The van der Waals surface area contributed by atoms with E-state index in [1.54, 1.807) is 11.3 Å². The molecule has 0 bridgehead atoms. The van der Waals surface area contributed by atoms with Crippen molar-refractivity contribution in [2.45, 2.75) is 50.6 Å². The Morgan fingerprint density at radius 3 is 2.79 bits per heavy atom. The third-order valence-corrected chi connectivity index (χ3v) is 6.32. The molecule has 1 saturated carbocycles. The Labute approximate surface area is 148 Å². The summed E-state index contributed by atoms with van der Waals surface area (Å²) in [5.41, 5.74) is 1.15. The highest BCUT2D eigenvalue weighted by Gasteiger charge is 2.19. The Morgan fingerprint density at radius 2 is 2.04 bits per heavy atom. The van der Waals surface area contributed by atoms with Crippen LogP contribution in [-0.4, -0.2) is 33.7 Å². The van der Waals surface area contributed by atoms with E-state index >= 15 is 0 Å². The first-order valence-electron chi connectivity index (χ1n) is 7.98. The van der Waals surface area contributed by atoms with E-state index < -0.39 is 6.03 Å². The first kappa shape index (κ1) is 17.2. The van der Waals surface area contributed by atoms with E-state index in [0.29, 0.717) is 0 Å². The molecule has 2 heterocycles. The van der Waals surface area contributed by atoms with Crippen molar-refractivity contribution in [3.8, 4) is 0 Å². The molecule has 3 rings (SSSR count). The molecule has 0 saturated heterocycles. The van der Waals surface area contributed by atoms with E-state index in [-0.39, 0.29) is 17.7 Å². The zero-order valence-corrected chi connectivity index (χ0v) is 15.4. The minimum atomic E-state index is -0.400. The highest BCUT2D eigenvalue weighted by atomic mass is 32.2. The van der Waals surface area contributed by atoms with Crippen LogP contribution in [0.25, 0.3) is 10.2 Å². The summed E-state index contributed by atoms with van der Waals surface area (Å²) in [7, 11) is 0. The summed E-state index contributed by atoms with van der Waals surface area (Å²) in [5.74, 6) is -0.162. The largest absolute Gasteiger partial charge is 0.335 e. The van der Waals surface area contributed by atoms with Crippen LogP contribution in [0.3, 0.4) is 0 Å². The molecule has 0 spiro atoms. The summed E-state index contributed by atoms with van der Waals surface area (Å²) in [6, 6.07) is -0.203. The molecular weight excluding hydrogens is 344 g/mol. The standard InChI is InChI=1S/C16H20N4O2S2/c1-9-10(2)24-15-13(9)14(17-8-18-15)23-7-12(21)20-16(22)19-11-5-3-4-6-11/h8,11H,3-7H2,1-2H3,(H2,19,20,21,22). The Hall–Kier alpha value is -1.67. The number of thiophene rings is 1. The molecule has 0 atom stereocenters. The van der Waals surface area contributed by atoms with Crippen molar-refractivity contribution in [1.82, 2.24) is 20.6 Å². The predicted octanol–water partition coefficient (Wildman–Crippen LogP) is 3.17. The number of thioether (sulfide) groups is 1. The molecule has 1 aliphatic carbocycles. The second-order valence-electron chi connectivity index (χ2n) is 5.93. The molecular formula is C16H20N4O2S2. The van der Waals surface area contributed by atoms with Gasteiger partial charge in [0.05, 0.1) is 5.75 Å². The van der Waals surface area contributed by atoms with E-state index in [1.165, 1.54) is 23.0 Å². The lowest BCUT2D eigenvalue weighted by Crippen LogP contribution is -2.44. The summed E-state index contributed by atoms with van der Waals surface area (Å²) in [6.45, 7) is 4.09. The van der Waals surface area contributed by atoms with Crippen LogP contribution < -0.4 is 10.6 Å². The van der Waals surface area contributed by atoms with Gasteiger partial charge in [0.1, 0.15) is 16.2 Å². The van der Waals surface area contributed by atoms with Crippen LogP contribution in [0.5, 0.6) is 0 Å². The maximum atomic E-state index is 12.0. The number of aryl methyl sites for hydroxylation is 2. The lowest BCUT2D eigenvalue weighted by atomic mass is 10.2. The molecule has 24 heavy (non-hydrogen) atoms. The fourth-order valence-electron chi connectivity index (χ4n) is 2.85. The Bertz CT molecular complexity index is 769. The third kappa shape index (κ3) is 3.87. The highest BCUT2D eigenvalue weighted by Crippen LogP contribution is 2.34. The zero-order chi connectivity index (χ0) is 17.1. The summed E-state index contributed by atoms with van der Waals surface area (Å²) in [4.78, 5) is 34.5. The van der Waals surface area contributed by atoms with Gasteiger partial charge < -0.3 is 5.32 Å². The molecule has 3 amide bonds. The predicted molar refractivity (Wildman–Crippen MR) is 96.5 cm³/mol. The van der Waals surface area contributed by atoms with Crippen LogP contribution in [0.2, 0.25) is 0 Å². The number of nitrogens with zero attached hydrogens (tertiary/aromatic N) is 2. The fraction of sp³-hybridized carbons (Fsp3) is 0.500. The number of aromatic nitrogens is 2. The quantitative estimate of drug-likeness (QED) is 0.643. The van der Waals surface area contributed by atoms with Crippen molar-refractivity contribution in [2.75, 3.05) is 5.75 Å². The minimum Gasteiger partial charge on any atom is -0.335 e.